The Balaban J connectivity index is 0. The number of aryl methyl sites for hydroxylation is 2. The van der Waals surface area contributed by atoms with Crippen LogP contribution in [0, 0.1) is 6.92 Å². The average Bonchev–Trinajstić information content (AvgIpc) is 2.33. The number of aromatic nitrogens is 2. The standard InChI is InChI=1S/C6H11N3.CH6N2.ClH/c1-5-4-6(7-2)8-9(5)3;1-3-2;/h4H,1-3H3,(H,7,8);3H,2H2,1H3;1H. The summed E-state index contributed by atoms with van der Waals surface area (Å²) < 4.78 is 1.84. The second-order valence-corrected chi connectivity index (χ2v) is 2.33. The van der Waals surface area contributed by atoms with E-state index >= 15 is 0 Å². The quantitative estimate of drug-likeness (QED) is 0.457. The van der Waals surface area contributed by atoms with Crippen LogP contribution < -0.4 is 16.6 Å². The number of nitrogens with two attached hydrogens (primary N) is 1. The molecule has 13 heavy (non-hydrogen) atoms. The Bertz CT molecular complexity index is 203. The number of hydrazine groups is 1. The number of nitrogens with one attached hydrogen (secondary N) is 2. The van der Waals surface area contributed by atoms with Crippen LogP contribution in [0.4, 0.5) is 5.82 Å². The van der Waals surface area contributed by atoms with Crippen LogP contribution in [0.5, 0.6) is 0 Å². The summed E-state index contributed by atoms with van der Waals surface area (Å²) in [5.41, 5.74) is 3.42. The Labute approximate surface area is 85.1 Å². The summed E-state index contributed by atoms with van der Waals surface area (Å²) in [6.07, 6.45) is 0. The van der Waals surface area contributed by atoms with Crippen molar-refractivity contribution in [1.82, 2.24) is 15.2 Å². The van der Waals surface area contributed by atoms with Crippen molar-refractivity contribution in [3.05, 3.63) is 11.8 Å². The van der Waals surface area contributed by atoms with Gasteiger partial charge in [0.25, 0.3) is 0 Å². The molecule has 1 heterocycles. The van der Waals surface area contributed by atoms with E-state index in [1.807, 2.05) is 31.8 Å². The number of hydrogen-bond donors (Lipinski definition) is 3. The SMILES string of the molecule is CNN.CNc1cc(C)n(C)n1.Cl. The van der Waals surface area contributed by atoms with Crippen molar-refractivity contribution in [1.29, 1.82) is 0 Å². The predicted octanol–water partition coefficient (Wildman–Crippen LogP) is 0.272. The van der Waals surface area contributed by atoms with Crippen molar-refractivity contribution in [2.75, 3.05) is 19.4 Å². The molecule has 0 aliphatic carbocycles. The highest BCUT2D eigenvalue weighted by Crippen LogP contribution is 2.04. The van der Waals surface area contributed by atoms with Crippen LogP contribution in [0.1, 0.15) is 5.69 Å². The van der Waals surface area contributed by atoms with E-state index in [4.69, 9.17) is 0 Å². The Morgan fingerprint density at radius 1 is 1.46 bits per heavy atom. The van der Waals surface area contributed by atoms with E-state index in [1.54, 1.807) is 7.05 Å². The van der Waals surface area contributed by atoms with Crippen molar-refractivity contribution >= 4 is 18.2 Å². The lowest BCUT2D eigenvalue weighted by atomic mass is 10.5. The summed E-state index contributed by atoms with van der Waals surface area (Å²) in [5, 5.41) is 7.09. The molecule has 0 fully saturated rings. The molecule has 0 unspecified atom stereocenters. The summed E-state index contributed by atoms with van der Waals surface area (Å²) in [6.45, 7) is 2.02. The van der Waals surface area contributed by atoms with Crippen molar-refractivity contribution in [3.63, 3.8) is 0 Å². The zero-order valence-corrected chi connectivity index (χ0v) is 9.27. The molecule has 0 aromatic carbocycles. The van der Waals surface area contributed by atoms with Gasteiger partial charge >= 0.3 is 0 Å². The summed E-state index contributed by atoms with van der Waals surface area (Å²) >= 11 is 0. The van der Waals surface area contributed by atoms with Crippen LogP contribution in [0.25, 0.3) is 0 Å². The highest BCUT2D eigenvalue weighted by molar-refractivity contribution is 5.85. The van der Waals surface area contributed by atoms with Crippen molar-refractivity contribution in [2.24, 2.45) is 12.9 Å². The van der Waals surface area contributed by atoms with E-state index in [2.05, 4.69) is 21.7 Å². The topological polar surface area (TPSA) is 67.9 Å². The zero-order valence-electron chi connectivity index (χ0n) is 8.46. The normalized spacial score (nSPS) is 8.08. The first-order chi connectivity index (χ1) is 5.65. The van der Waals surface area contributed by atoms with Crippen molar-refractivity contribution in [2.45, 2.75) is 6.92 Å². The molecule has 78 valence electrons. The smallest absolute Gasteiger partial charge is 0.147 e. The maximum Gasteiger partial charge on any atom is 0.147 e. The molecule has 0 saturated carbocycles. The Morgan fingerprint density at radius 3 is 2.08 bits per heavy atom. The maximum atomic E-state index is 4.60. The van der Waals surface area contributed by atoms with Crippen LogP contribution >= 0.6 is 12.4 Å². The summed E-state index contributed by atoms with van der Waals surface area (Å²) in [6, 6.07) is 2.00. The first-order valence-corrected chi connectivity index (χ1v) is 3.71. The van der Waals surface area contributed by atoms with Gasteiger partial charge in [0.1, 0.15) is 5.82 Å². The molecule has 0 saturated heterocycles. The third-order valence-electron chi connectivity index (χ3n) is 1.37. The van der Waals surface area contributed by atoms with E-state index in [-0.39, 0.29) is 12.4 Å². The lowest BCUT2D eigenvalue weighted by Gasteiger charge is -1.89. The molecular formula is C7H18ClN5. The molecular weight excluding hydrogens is 190 g/mol. The molecule has 1 aromatic heterocycles. The molecule has 0 bridgehead atoms. The van der Waals surface area contributed by atoms with Gasteiger partial charge in [-0.15, -0.1) is 12.4 Å². The minimum Gasteiger partial charge on any atom is -0.372 e. The number of nitrogens with zero attached hydrogens (tertiary/aromatic N) is 2. The first kappa shape index (κ1) is 14.7. The van der Waals surface area contributed by atoms with Gasteiger partial charge in [0.15, 0.2) is 0 Å². The van der Waals surface area contributed by atoms with Gasteiger partial charge in [-0.1, -0.05) is 0 Å². The van der Waals surface area contributed by atoms with Crippen LogP contribution in [0.2, 0.25) is 0 Å². The fraction of sp³-hybridized carbons (Fsp3) is 0.571. The summed E-state index contributed by atoms with van der Waals surface area (Å²) in [7, 11) is 5.44. The lowest BCUT2D eigenvalue weighted by Crippen LogP contribution is -2.13. The third-order valence-corrected chi connectivity index (χ3v) is 1.37. The van der Waals surface area contributed by atoms with Crippen molar-refractivity contribution < 1.29 is 0 Å². The molecule has 6 heteroatoms. The van der Waals surface area contributed by atoms with Crippen LogP contribution in [0.15, 0.2) is 6.07 Å². The monoisotopic (exact) mass is 207 g/mol. The van der Waals surface area contributed by atoms with Crippen molar-refractivity contribution in [3.8, 4) is 0 Å². The largest absolute Gasteiger partial charge is 0.372 e. The second-order valence-electron chi connectivity index (χ2n) is 2.33. The fourth-order valence-electron chi connectivity index (χ4n) is 0.683. The second kappa shape index (κ2) is 7.85. The van der Waals surface area contributed by atoms with Gasteiger partial charge in [-0.2, -0.15) is 5.10 Å². The Hall–Kier alpha value is -0.780. The Kier molecular flexibility index (Phi) is 8.89. The van der Waals surface area contributed by atoms with Gasteiger partial charge < -0.3 is 5.32 Å². The molecule has 1 rings (SSSR count). The highest BCUT2D eigenvalue weighted by Gasteiger charge is 1.95. The van der Waals surface area contributed by atoms with E-state index < -0.39 is 0 Å². The molecule has 0 spiro atoms. The zero-order chi connectivity index (χ0) is 9.56. The minimum absolute atomic E-state index is 0. The van der Waals surface area contributed by atoms with E-state index in [1.165, 1.54) is 5.69 Å². The molecule has 0 aliphatic heterocycles. The number of anilines is 1. The number of rotatable bonds is 1. The highest BCUT2D eigenvalue weighted by atomic mass is 35.5. The summed E-state index contributed by atoms with van der Waals surface area (Å²) in [4.78, 5) is 0. The van der Waals surface area contributed by atoms with Gasteiger partial charge in [-0.25, -0.2) is 0 Å². The molecule has 4 N–H and O–H groups in total. The maximum absolute atomic E-state index is 4.60. The first-order valence-electron chi connectivity index (χ1n) is 3.71. The predicted molar refractivity (Wildman–Crippen MR) is 58.0 cm³/mol. The van der Waals surface area contributed by atoms with Gasteiger partial charge in [-0.3, -0.25) is 16.0 Å². The van der Waals surface area contributed by atoms with Crippen LogP contribution in [-0.2, 0) is 7.05 Å². The van der Waals surface area contributed by atoms with E-state index in [9.17, 15) is 0 Å². The number of halogens is 1. The molecule has 1 aromatic rings. The number of hydrogen-bond acceptors (Lipinski definition) is 4. The lowest BCUT2D eigenvalue weighted by molar-refractivity contribution is 0.742. The Morgan fingerprint density at radius 2 is 1.92 bits per heavy atom. The summed E-state index contributed by atoms with van der Waals surface area (Å²) in [5.74, 6) is 5.52. The third kappa shape index (κ3) is 5.46. The van der Waals surface area contributed by atoms with Gasteiger partial charge in [0.2, 0.25) is 0 Å². The molecule has 0 amide bonds. The molecule has 0 radical (unpaired) electrons. The van der Waals surface area contributed by atoms with Crippen LogP contribution in [0.3, 0.4) is 0 Å². The van der Waals surface area contributed by atoms with Gasteiger partial charge in [-0.05, 0) is 14.0 Å². The van der Waals surface area contributed by atoms with Gasteiger partial charge in [0, 0.05) is 25.9 Å². The molecule has 0 aliphatic rings. The minimum atomic E-state index is 0. The molecule has 0 atom stereocenters. The van der Waals surface area contributed by atoms with E-state index in [0.717, 1.165) is 5.82 Å². The van der Waals surface area contributed by atoms with E-state index in [0.29, 0.717) is 0 Å². The average molecular weight is 208 g/mol. The fourth-order valence-corrected chi connectivity index (χ4v) is 0.683. The molecule has 5 nitrogen and oxygen atoms in total. The van der Waals surface area contributed by atoms with Gasteiger partial charge in [0.05, 0.1) is 0 Å². The van der Waals surface area contributed by atoms with Crippen LogP contribution in [-0.4, -0.2) is 23.9 Å².